The number of nitrogens with zero attached hydrogens (tertiary/aromatic N) is 3. The Hall–Kier alpha value is -2.61. The Morgan fingerprint density at radius 2 is 1.96 bits per heavy atom. The number of hydrogen-bond donors (Lipinski definition) is 1. The SMILES string of the molecule is CC.Cc1ccc(-n2c(=O)nc3cc4s[nH]nc4c(F)c32)c(F)c1. The van der Waals surface area contributed by atoms with Crippen molar-refractivity contribution in [3.63, 3.8) is 0 Å². The molecule has 8 heteroatoms. The first-order valence-electron chi connectivity index (χ1n) is 7.37. The Balaban J connectivity index is 0.000000815. The monoisotopic (exact) mass is 348 g/mol. The van der Waals surface area contributed by atoms with Crippen LogP contribution in [0.25, 0.3) is 26.9 Å². The molecule has 0 radical (unpaired) electrons. The number of imidazole rings is 1. The maximum absolute atomic E-state index is 14.7. The number of halogens is 2. The predicted octanol–water partition coefficient (Wildman–Crippen LogP) is 3.94. The number of aryl methyl sites for hydroxylation is 1. The summed E-state index contributed by atoms with van der Waals surface area (Å²) in [6.07, 6.45) is 0. The van der Waals surface area contributed by atoms with Crippen LogP contribution in [0.5, 0.6) is 0 Å². The second-order valence-electron chi connectivity index (χ2n) is 4.89. The van der Waals surface area contributed by atoms with Crippen LogP contribution in [0.3, 0.4) is 0 Å². The first-order chi connectivity index (χ1) is 11.6. The lowest BCUT2D eigenvalue weighted by Crippen LogP contribution is -2.16. The number of rotatable bonds is 1. The largest absolute Gasteiger partial charge is 0.353 e. The Morgan fingerprint density at radius 1 is 1.21 bits per heavy atom. The van der Waals surface area contributed by atoms with Gasteiger partial charge in [-0.25, -0.2) is 18.1 Å². The minimum Gasteiger partial charge on any atom is -0.253 e. The number of hydrogen-bond acceptors (Lipinski definition) is 4. The maximum atomic E-state index is 14.7. The van der Waals surface area contributed by atoms with Crippen molar-refractivity contribution in [1.29, 1.82) is 0 Å². The highest BCUT2D eigenvalue weighted by atomic mass is 32.1. The molecule has 0 aliphatic heterocycles. The molecular weight excluding hydrogens is 334 g/mol. The molecule has 0 fully saturated rings. The minimum absolute atomic E-state index is 0.0319. The van der Waals surface area contributed by atoms with Crippen LogP contribution in [0.2, 0.25) is 0 Å². The van der Waals surface area contributed by atoms with Gasteiger partial charge in [-0.05, 0) is 42.2 Å². The van der Waals surface area contributed by atoms with Crippen molar-refractivity contribution in [1.82, 2.24) is 19.1 Å². The molecule has 0 unspecified atom stereocenters. The highest BCUT2D eigenvalue weighted by Gasteiger charge is 2.20. The molecule has 0 saturated carbocycles. The minimum atomic E-state index is -0.724. The average molecular weight is 348 g/mol. The lowest BCUT2D eigenvalue weighted by Gasteiger charge is -2.06. The van der Waals surface area contributed by atoms with E-state index in [2.05, 4.69) is 14.6 Å². The molecule has 1 N–H and O–H groups in total. The quantitative estimate of drug-likeness (QED) is 0.567. The van der Waals surface area contributed by atoms with Gasteiger partial charge in [-0.1, -0.05) is 19.9 Å². The molecule has 0 bridgehead atoms. The summed E-state index contributed by atoms with van der Waals surface area (Å²) in [5, 5.41) is 3.83. The molecule has 0 saturated heterocycles. The Morgan fingerprint density at radius 3 is 2.67 bits per heavy atom. The molecule has 2 heterocycles. The molecule has 0 spiro atoms. The van der Waals surface area contributed by atoms with Crippen LogP contribution < -0.4 is 5.69 Å². The molecule has 4 rings (SSSR count). The summed E-state index contributed by atoms with van der Waals surface area (Å²) in [6.45, 7) is 5.73. The molecule has 0 atom stereocenters. The zero-order chi connectivity index (χ0) is 17.4. The summed E-state index contributed by atoms with van der Waals surface area (Å²) < 4.78 is 32.9. The average Bonchev–Trinajstić information content (AvgIpc) is 3.14. The molecular formula is C16H14F2N4OS. The first-order valence-corrected chi connectivity index (χ1v) is 8.19. The van der Waals surface area contributed by atoms with Gasteiger partial charge in [-0.15, -0.1) is 0 Å². The van der Waals surface area contributed by atoms with Crippen molar-refractivity contribution in [2.75, 3.05) is 0 Å². The lowest BCUT2D eigenvalue weighted by atomic mass is 10.2. The van der Waals surface area contributed by atoms with Gasteiger partial charge in [0.1, 0.15) is 16.9 Å². The predicted molar refractivity (Wildman–Crippen MR) is 90.9 cm³/mol. The van der Waals surface area contributed by atoms with Crippen LogP contribution in [0.4, 0.5) is 8.78 Å². The summed E-state index contributed by atoms with van der Waals surface area (Å²) in [6, 6.07) is 5.93. The molecule has 5 nitrogen and oxygen atoms in total. The number of fused-ring (bicyclic) bond motifs is 2. The first kappa shape index (κ1) is 16.3. The highest BCUT2D eigenvalue weighted by Crippen LogP contribution is 2.28. The smallest absolute Gasteiger partial charge is 0.253 e. The summed E-state index contributed by atoms with van der Waals surface area (Å²) in [5.41, 5.74) is 0.155. The van der Waals surface area contributed by atoms with Gasteiger partial charge in [-0.2, -0.15) is 10.1 Å². The molecule has 24 heavy (non-hydrogen) atoms. The van der Waals surface area contributed by atoms with Gasteiger partial charge in [0.15, 0.2) is 5.82 Å². The van der Waals surface area contributed by atoms with E-state index in [-0.39, 0.29) is 22.2 Å². The van der Waals surface area contributed by atoms with Gasteiger partial charge in [0, 0.05) is 0 Å². The fourth-order valence-corrected chi connectivity index (χ4v) is 3.09. The van der Waals surface area contributed by atoms with Crippen LogP contribution >= 0.6 is 11.5 Å². The number of benzene rings is 2. The Bertz CT molecular complexity index is 1100. The van der Waals surface area contributed by atoms with E-state index < -0.39 is 17.3 Å². The van der Waals surface area contributed by atoms with Gasteiger partial charge < -0.3 is 0 Å². The van der Waals surface area contributed by atoms with Crippen molar-refractivity contribution in [3.05, 3.63) is 51.9 Å². The number of aromatic amines is 1. The molecule has 0 aliphatic rings. The number of H-pyrrole nitrogens is 1. The summed E-state index contributed by atoms with van der Waals surface area (Å²) in [4.78, 5) is 15.9. The van der Waals surface area contributed by atoms with Crippen molar-refractivity contribution >= 4 is 32.8 Å². The maximum Gasteiger partial charge on any atom is 0.353 e. The molecule has 2 aromatic carbocycles. The van der Waals surface area contributed by atoms with Crippen LogP contribution in [-0.4, -0.2) is 19.1 Å². The summed E-state index contributed by atoms with van der Waals surface area (Å²) in [5.74, 6) is -1.31. The third kappa shape index (κ3) is 2.39. The molecule has 124 valence electrons. The van der Waals surface area contributed by atoms with Crippen molar-refractivity contribution in [2.45, 2.75) is 20.8 Å². The number of aromatic nitrogens is 4. The van der Waals surface area contributed by atoms with Crippen LogP contribution in [0, 0.1) is 18.6 Å². The molecule has 0 amide bonds. The van der Waals surface area contributed by atoms with E-state index >= 15 is 0 Å². The van der Waals surface area contributed by atoms with E-state index in [9.17, 15) is 13.6 Å². The zero-order valence-electron chi connectivity index (χ0n) is 13.2. The summed E-state index contributed by atoms with van der Waals surface area (Å²) >= 11 is 1.13. The third-order valence-corrected chi connectivity index (χ3v) is 4.16. The van der Waals surface area contributed by atoms with E-state index in [4.69, 9.17) is 0 Å². The molecule has 4 aromatic rings. The third-order valence-electron chi connectivity index (χ3n) is 3.45. The van der Waals surface area contributed by atoms with Gasteiger partial charge in [0.05, 0.1) is 15.9 Å². The zero-order valence-corrected chi connectivity index (χ0v) is 14.0. The lowest BCUT2D eigenvalue weighted by molar-refractivity contribution is 0.612. The van der Waals surface area contributed by atoms with Gasteiger partial charge in [0.25, 0.3) is 0 Å². The molecule has 2 aromatic heterocycles. The van der Waals surface area contributed by atoms with Gasteiger partial charge in [-0.3, -0.25) is 4.57 Å². The fourth-order valence-electron chi connectivity index (χ4n) is 2.46. The van der Waals surface area contributed by atoms with Gasteiger partial charge >= 0.3 is 5.69 Å². The fraction of sp³-hybridized carbons (Fsp3) is 0.188. The van der Waals surface area contributed by atoms with E-state index in [1.165, 1.54) is 12.1 Å². The Labute approximate surface area is 139 Å². The standard InChI is InChI=1S/C14H8F2N4OS.C2H6/c1-6-2-3-9(7(15)4-6)20-13-8(17-14(20)21)5-10-12(11(13)16)18-19-22-10;1-2/h2-5,19H,1H3;1-2H3. The van der Waals surface area contributed by atoms with Crippen LogP contribution in [0.15, 0.2) is 29.1 Å². The normalized spacial score (nSPS) is 10.9. The molecule has 0 aliphatic carbocycles. The number of nitrogens with one attached hydrogen (secondary N) is 1. The highest BCUT2D eigenvalue weighted by molar-refractivity contribution is 7.13. The van der Waals surface area contributed by atoms with Crippen LogP contribution in [-0.2, 0) is 0 Å². The van der Waals surface area contributed by atoms with Gasteiger partial charge in [0.2, 0.25) is 0 Å². The topological polar surface area (TPSA) is 63.6 Å². The summed E-state index contributed by atoms with van der Waals surface area (Å²) in [7, 11) is 0. The Kier molecular flexibility index (Phi) is 4.15. The second kappa shape index (κ2) is 6.12. The second-order valence-corrected chi connectivity index (χ2v) is 5.72. The van der Waals surface area contributed by atoms with E-state index in [0.717, 1.165) is 16.1 Å². The van der Waals surface area contributed by atoms with Crippen molar-refractivity contribution in [2.24, 2.45) is 0 Å². The van der Waals surface area contributed by atoms with Crippen molar-refractivity contribution < 1.29 is 8.78 Å². The van der Waals surface area contributed by atoms with Crippen LogP contribution in [0.1, 0.15) is 19.4 Å². The van der Waals surface area contributed by atoms with E-state index in [0.29, 0.717) is 10.3 Å². The van der Waals surface area contributed by atoms with E-state index in [1.807, 2.05) is 13.8 Å². The van der Waals surface area contributed by atoms with E-state index in [1.54, 1.807) is 19.1 Å². The van der Waals surface area contributed by atoms with Crippen molar-refractivity contribution in [3.8, 4) is 5.69 Å².